The van der Waals surface area contributed by atoms with Crippen molar-refractivity contribution in [3.05, 3.63) is 33.8 Å². The Hall–Kier alpha value is -1.76. The topological polar surface area (TPSA) is 63.9 Å². The first-order valence-corrected chi connectivity index (χ1v) is 7.36. The van der Waals surface area contributed by atoms with E-state index >= 15 is 0 Å². The van der Waals surface area contributed by atoms with Crippen LogP contribution < -0.4 is 4.90 Å². The quantitative estimate of drug-likeness (QED) is 0.842. The van der Waals surface area contributed by atoms with Gasteiger partial charge in [0.15, 0.2) is 0 Å². The molecule has 0 spiro atoms. The predicted octanol–water partition coefficient (Wildman–Crippen LogP) is 2.05. The summed E-state index contributed by atoms with van der Waals surface area (Å²) >= 11 is 3.49. The maximum atomic E-state index is 12.6. The van der Waals surface area contributed by atoms with Gasteiger partial charge in [-0.1, -0.05) is 28.0 Å². The van der Waals surface area contributed by atoms with Crippen molar-refractivity contribution in [1.29, 1.82) is 0 Å². The van der Waals surface area contributed by atoms with Crippen LogP contribution in [0.15, 0.2) is 22.7 Å². The highest BCUT2D eigenvalue weighted by Crippen LogP contribution is 2.22. The van der Waals surface area contributed by atoms with Crippen LogP contribution >= 0.6 is 15.9 Å². The molecule has 1 amide bonds. The summed E-state index contributed by atoms with van der Waals surface area (Å²) in [5, 5.41) is 11.5. The number of tetrazole rings is 1. The summed E-state index contributed by atoms with van der Waals surface area (Å²) in [4.78, 5) is 14.3. The SMILES string of the molecule is CCc1cc(C(=O)N2CCCn3nnnc32)ccc1Br. The number of carbonyl (C=O) groups is 1. The molecule has 20 heavy (non-hydrogen) atoms. The van der Waals surface area contributed by atoms with Crippen LogP contribution in [-0.2, 0) is 13.0 Å². The fourth-order valence-electron chi connectivity index (χ4n) is 2.34. The monoisotopic (exact) mass is 335 g/mol. The Kier molecular flexibility index (Phi) is 3.52. The number of hydrogen-bond acceptors (Lipinski definition) is 4. The van der Waals surface area contributed by atoms with Gasteiger partial charge in [-0.2, -0.15) is 0 Å². The van der Waals surface area contributed by atoms with E-state index in [1.54, 1.807) is 9.58 Å². The van der Waals surface area contributed by atoms with E-state index in [1.807, 2.05) is 18.2 Å². The second-order valence-corrected chi connectivity index (χ2v) is 5.53. The Morgan fingerprint density at radius 3 is 3.05 bits per heavy atom. The Balaban J connectivity index is 1.94. The molecule has 0 fully saturated rings. The van der Waals surface area contributed by atoms with Gasteiger partial charge >= 0.3 is 0 Å². The number of rotatable bonds is 2. The minimum absolute atomic E-state index is 0.0528. The van der Waals surface area contributed by atoms with Crippen LogP contribution in [0.25, 0.3) is 0 Å². The van der Waals surface area contributed by atoms with Gasteiger partial charge in [0.2, 0.25) is 0 Å². The van der Waals surface area contributed by atoms with Crippen molar-refractivity contribution in [2.75, 3.05) is 11.4 Å². The normalized spacial score (nSPS) is 14.2. The van der Waals surface area contributed by atoms with Crippen molar-refractivity contribution in [1.82, 2.24) is 20.2 Å². The molecule has 0 N–H and O–H groups in total. The van der Waals surface area contributed by atoms with E-state index in [0.717, 1.165) is 29.4 Å². The molecule has 3 rings (SSSR count). The van der Waals surface area contributed by atoms with Crippen LogP contribution in [-0.4, -0.2) is 32.7 Å². The molecule has 2 heterocycles. The highest BCUT2D eigenvalue weighted by atomic mass is 79.9. The molecule has 0 saturated carbocycles. The molecule has 0 radical (unpaired) electrons. The summed E-state index contributed by atoms with van der Waals surface area (Å²) in [6, 6.07) is 5.67. The number of nitrogens with zero attached hydrogens (tertiary/aromatic N) is 5. The number of anilines is 1. The van der Waals surface area contributed by atoms with Gasteiger partial charge in [0, 0.05) is 23.1 Å². The molecule has 7 heteroatoms. The molecule has 104 valence electrons. The highest BCUT2D eigenvalue weighted by Gasteiger charge is 2.26. The van der Waals surface area contributed by atoms with Crippen LogP contribution in [0.2, 0.25) is 0 Å². The number of aryl methyl sites for hydroxylation is 2. The minimum Gasteiger partial charge on any atom is -0.275 e. The summed E-state index contributed by atoms with van der Waals surface area (Å²) in [6.07, 6.45) is 1.74. The van der Waals surface area contributed by atoms with Crippen molar-refractivity contribution >= 4 is 27.8 Å². The summed E-state index contributed by atoms with van der Waals surface area (Å²) in [5.41, 5.74) is 1.79. The van der Waals surface area contributed by atoms with Gasteiger partial charge in [-0.15, -0.1) is 0 Å². The second-order valence-electron chi connectivity index (χ2n) is 4.67. The maximum absolute atomic E-state index is 12.6. The predicted molar refractivity (Wildman–Crippen MR) is 77.6 cm³/mol. The molecule has 1 aromatic carbocycles. The van der Waals surface area contributed by atoms with Crippen LogP contribution in [0.4, 0.5) is 5.95 Å². The van der Waals surface area contributed by atoms with Gasteiger partial charge in [-0.05, 0) is 47.0 Å². The average Bonchev–Trinajstić information content (AvgIpc) is 2.95. The van der Waals surface area contributed by atoms with Crippen LogP contribution in [0.5, 0.6) is 0 Å². The number of hydrogen-bond donors (Lipinski definition) is 0. The lowest BCUT2D eigenvalue weighted by atomic mass is 10.1. The van der Waals surface area contributed by atoms with E-state index in [2.05, 4.69) is 38.4 Å². The first kappa shape index (κ1) is 13.2. The summed E-state index contributed by atoms with van der Waals surface area (Å²) in [6.45, 7) is 3.47. The minimum atomic E-state index is -0.0528. The first-order valence-electron chi connectivity index (χ1n) is 6.57. The molecule has 2 aromatic rings. The van der Waals surface area contributed by atoms with E-state index in [4.69, 9.17) is 0 Å². The number of aromatic nitrogens is 4. The Labute approximate surface area is 124 Å². The lowest BCUT2D eigenvalue weighted by molar-refractivity contribution is 0.0980. The van der Waals surface area contributed by atoms with Crippen LogP contribution in [0.1, 0.15) is 29.3 Å². The van der Waals surface area contributed by atoms with Gasteiger partial charge in [0.05, 0.1) is 0 Å². The van der Waals surface area contributed by atoms with Crippen molar-refractivity contribution < 1.29 is 4.79 Å². The standard InChI is InChI=1S/C13H14BrN5O/c1-2-9-8-10(4-5-11(9)14)12(20)18-6-3-7-19-13(18)15-16-17-19/h4-5,8H,2-3,6-7H2,1H3. The number of fused-ring (bicyclic) bond motifs is 1. The largest absolute Gasteiger partial charge is 0.275 e. The fraction of sp³-hybridized carbons (Fsp3) is 0.385. The summed E-state index contributed by atoms with van der Waals surface area (Å²) in [7, 11) is 0. The number of benzene rings is 1. The molecular weight excluding hydrogens is 322 g/mol. The van der Waals surface area contributed by atoms with Gasteiger partial charge in [-0.25, -0.2) is 4.68 Å². The number of carbonyl (C=O) groups excluding carboxylic acids is 1. The Bertz CT molecular complexity index is 654. The van der Waals surface area contributed by atoms with E-state index < -0.39 is 0 Å². The molecule has 0 bridgehead atoms. The molecule has 0 saturated heterocycles. The van der Waals surface area contributed by atoms with Crippen molar-refractivity contribution in [2.45, 2.75) is 26.3 Å². The summed E-state index contributed by atoms with van der Waals surface area (Å²) < 4.78 is 2.70. The molecule has 1 aliphatic heterocycles. The van der Waals surface area contributed by atoms with Crippen LogP contribution in [0, 0.1) is 0 Å². The van der Waals surface area contributed by atoms with E-state index in [9.17, 15) is 4.79 Å². The van der Waals surface area contributed by atoms with E-state index in [-0.39, 0.29) is 5.91 Å². The lowest BCUT2D eigenvalue weighted by Gasteiger charge is -2.25. The average molecular weight is 336 g/mol. The zero-order valence-corrected chi connectivity index (χ0v) is 12.7. The first-order chi connectivity index (χ1) is 9.70. The molecule has 0 aliphatic carbocycles. The van der Waals surface area contributed by atoms with Gasteiger partial charge in [0.25, 0.3) is 11.9 Å². The third-order valence-corrected chi connectivity index (χ3v) is 4.20. The smallest absolute Gasteiger partial charge is 0.260 e. The zero-order valence-electron chi connectivity index (χ0n) is 11.1. The summed E-state index contributed by atoms with van der Waals surface area (Å²) in [5.74, 6) is 0.477. The fourth-order valence-corrected chi connectivity index (χ4v) is 2.87. The van der Waals surface area contributed by atoms with E-state index in [0.29, 0.717) is 18.1 Å². The van der Waals surface area contributed by atoms with E-state index in [1.165, 1.54) is 0 Å². The van der Waals surface area contributed by atoms with Crippen molar-refractivity contribution in [3.8, 4) is 0 Å². The molecule has 1 aliphatic rings. The third kappa shape index (κ3) is 2.22. The molecule has 0 atom stereocenters. The Morgan fingerprint density at radius 1 is 1.40 bits per heavy atom. The zero-order chi connectivity index (χ0) is 14.1. The molecule has 0 unspecified atom stereocenters. The van der Waals surface area contributed by atoms with Crippen molar-refractivity contribution in [3.63, 3.8) is 0 Å². The number of halogens is 1. The highest BCUT2D eigenvalue weighted by molar-refractivity contribution is 9.10. The molecule has 6 nitrogen and oxygen atoms in total. The van der Waals surface area contributed by atoms with Gasteiger partial charge in [0.1, 0.15) is 0 Å². The molecular formula is C13H14BrN5O. The lowest BCUT2D eigenvalue weighted by Crippen LogP contribution is -2.38. The van der Waals surface area contributed by atoms with Crippen molar-refractivity contribution in [2.24, 2.45) is 0 Å². The maximum Gasteiger partial charge on any atom is 0.260 e. The second kappa shape index (κ2) is 5.32. The third-order valence-electron chi connectivity index (χ3n) is 3.42. The molecule has 1 aromatic heterocycles. The number of amides is 1. The van der Waals surface area contributed by atoms with Crippen LogP contribution in [0.3, 0.4) is 0 Å². The Morgan fingerprint density at radius 2 is 2.25 bits per heavy atom. The van der Waals surface area contributed by atoms with Gasteiger partial charge in [-0.3, -0.25) is 9.69 Å². The van der Waals surface area contributed by atoms with Gasteiger partial charge < -0.3 is 0 Å².